The van der Waals surface area contributed by atoms with Gasteiger partial charge in [-0.2, -0.15) is 0 Å². The molecule has 1 aliphatic carbocycles. The first kappa shape index (κ1) is 13.8. The molecule has 0 saturated heterocycles. The van der Waals surface area contributed by atoms with Crippen LogP contribution < -0.4 is 4.74 Å². The van der Waals surface area contributed by atoms with Crippen molar-refractivity contribution in [3.05, 3.63) is 39.4 Å². The van der Waals surface area contributed by atoms with Gasteiger partial charge in [-0.05, 0) is 23.8 Å². The van der Waals surface area contributed by atoms with Crippen LogP contribution in [-0.4, -0.2) is 36.7 Å². The van der Waals surface area contributed by atoms with E-state index >= 15 is 0 Å². The van der Waals surface area contributed by atoms with Crippen molar-refractivity contribution in [1.82, 2.24) is 0 Å². The van der Waals surface area contributed by atoms with Gasteiger partial charge in [0.15, 0.2) is 0 Å². The van der Waals surface area contributed by atoms with Crippen molar-refractivity contribution in [3.8, 4) is 5.75 Å². The molecule has 1 atom stereocenters. The molecule has 0 radical (unpaired) electrons. The minimum Gasteiger partial charge on any atom is -0.497 e. The highest BCUT2D eigenvalue weighted by Gasteiger charge is 2.56. The molecule has 20 heavy (non-hydrogen) atoms. The molecule has 1 aromatic carbocycles. The summed E-state index contributed by atoms with van der Waals surface area (Å²) < 4.78 is 9.48. The average Bonchev–Trinajstić information content (AvgIpc) is 2.70. The zero-order valence-electron chi connectivity index (χ0n) is 10.7. The van der Waals surface area contributed by atoms with E-state index in [1.165, 1.54) is 25.3 Å². The number of Topliss-reactive ketones (excluding diaryl/α,β-unsaturated/α-hetero) is 1. The maximum absolute atomic E-state index is 12.3. The molecule has 0 saturated carbocycles. The van der Waals surface area contributed by atoms with Crippen molar-refractivity contribution in [2.45, 2.75) is 12.0 Å². The van der Waals surface area contributed by atoms with Crippen LogP contribution in [0.4, 0.5) is 0 Å². The molecule has 0 unspecified atom stereocenters. The Labute approximate surface area is 113 Å². The van der Waals surface area contributed by atoms with Gasteiger partial charge in [0.1, 0.15) is 5.75 Å². The van der Waals surface area contributed by atoms with Gasteiger partial charge in [0.25, 0.3) is 10.7 Å². The Morgan fingerprint density at radius 3 is 2.65 bits per heavy atom. The highest BCUT2D eigenvalue weighted by Crippen LogP contribution is 2.36. The SMILES string of the molecule is COC(=O)[C@@]1(O[N+](=O)[O-])Cc2cc(OC)ccc2C1=O. The largest absolute Gasteiger partial charge is 0.497 e. The second kappa shape index (κ2) is 4.80. The Balaban J connectivity index is 2.50. The molecular formula is C12H11NO7. The molecule has 0 fully saturated rings. The molecule has 1 aromatic rings. The van der Waals surface area contributed by atoms with E-state index in [1.54, 1.807) is 0 Å². The van der Waals surface area contributed by atoms with Crippen LogP contribution in [0.3, 0.4) is 0 Å². The lowest BCUT2D eigenvalue weighted by Crippen LogP contribution is -2.49. The lowest BCUT2D eigenvalue weighted by atomic mass is 9.99. The number of fused-ring (bicyclic) bond motifs is 1. The van der Waals surface area contributed by atoms with E-state index in [9.17, 15) is 19.7 Å². The third-order valence-corrected chi connectivity index (χ3v) is 3.11. The molecular weight excluding hydrogens is 270 g/mol. The summed E-state index contributed by atoms with van der Waals surface area (Å²) in [5.74, 6) is -1.42. The van der Waals surface area contributed by atoms with Crippen molar-refractivity contribution < 1.29 is 29.0 Å². The fraction of sp³-hybridized carbons (Fsp3) is 0.333. The molecule has 2 rings (SSSR count). The van der Waals surface area contributed by atoms with Gasteiger partial charge in [-0.3, -0.25) is 9.63 Å². The lowest BCUT2D eigenvalue weighted by molar-refractivity contribution is -0.771. The summed E-state index contributed by atoms with van der Waals surface area (Å²) in [5.41, 5.74) is -1.66. The van der Waals surface area contributed by atoms with Gasteiger partial charge in [0.05, 0.1) is 14.2 Å². The van der Waals surface area contributed by atoms with Gasteiger partial charge in [-0.25, -0.2) is 4.79 Å². The second-order valence-electron chi connectivity index (χ2n) is 4.16. The molecule has 0 aliphatic heterocycles. The number of hydrogen-bond donors (Lipinski definition) is 0. The van der Waals surface area contributed by atoms with Gasteiger partial charge >= 0.3 is 5.97 Å². The lowest BCUT2D eigenvalue weighted by Gasteiger charge is -2.21. The molecule has 0 bridgehead atoms. The first-order valence-electron chi connectivity index (χ1n) is 5.58. The summed E-state index contributed by atoms with van der Waals surface area (Å²) >= 11 is 0. The number of methoxy groups -OCH3 is 2. The van der Waals surface area contributed by atoms with E-state index < -0.39 is 22.4 Å². The van der Waals surface area contributed by atoms with Crippen molar-refractivity contribution in [2.24, 2.45) is 0 Å². The minimum absolute atomic E-state index is 0.179. The van der Waals surface area contributed by atoms with Crippen LogP contribution in [0.25, 0.3) is 0 Å². The summed E-state index contributed by atoms with van der Waals surface area (Å²) in [7, 11) is 2.48. The molecule has 0 heterocycles. The van der Waals surface area contributed by atoms with E-state index in [0.29, 0.717) is 11.3 Å². The van der Waals surface area contributed by atoms with E-state index in [4.69, 9.17) is 4.74 Å². The molecule has 8 heteroatoms. The van der Waals surface area contributed by atoms with Gasteiger partial charge < -0.3 is 9.47 Å². The fourth-order valence-corrected chi connectivity index (χ4v) is 2.20. The van der Waals surface area contributed by atoms with Crippen LogP contribution in [0.15, 0.2) is 18.2 Å². The first-order valence-corrected chi connectivity index (χ1v) is 5.58. The number of hydrogen-bond acceptors (Lipinski definition) is 7. The quantitative estimate of drug-likeness (QED) is 0.343. The van der Waals surface area contributed by atoms with Crippen LogP contribution in [0, 0.1) is 10.1 Å². The predicted molar refractivity (Wildman–Crippen MR) is 63.9 cm³/mol. The van der Waals surface area contributed by atoms with Crippen molar-refractivity contribution in [1.29, 1.82) is 0 Å². The number of benzene rings is 1. The number of carbonyl (C=O) groups excluding carboxylic acids is 2. The Morgan fingerprint density at radius 1 is 1.40 bits per heavy atom. The Bertz CT molecular complexity index is 597. The zero-order chi connectivity index (χ0) is 14.9. The summed E-state index contributed by atoms with van der Waals surface area (Å²) in [6.45, 7) is 0. The Morgan fingerprint density at radius 2 is 2.10 bits per heavy atom. The summed E-state index contributed by atoms with van der Waals surface area (Å²) in [4.78, 5) is 39.1. The molecule has 106 valence electrons. The maximum Gasteiger partial charge on any atom is 0.346 e. The van der Waals surface area contributed by atoms with Gasteiger partial charge in [-0.1, -0.05) is 0 Å². The molecule has 0 amide bonds. The highest BCUT2D eigenvalue weighted by atomic mass is 17.0. The van der Waals surface area contributed by atoms with E-state index in [0.717, 1.165) is 7.11 Å². The number of esters is 1. The monoisotopic (exact) mass is 281 g/mol. The van der Waals surface area contributed by atoms with Gasteiger partial charge in [0.2, 0.25) is 5.78 Å². The Kier molecular flexibility index (Phi) is 3.31. The van der Waals surface area contributed by atoms with Gasteiger partial charge in [-0.15, -0.1) is 10.1 Å². The summed E-state index contributed by atoms with van der Waals surface area (Å²) in [5, 5.41) is 9.43. The molecule has 1 aliphatic rings. The smallest absolute Gasteiger partial charge is 0.346 e. The van der Waals surface area contributed by atoms with Gasteiger partial charge in [0, 0.05) is 12.0 Å². The minimum atomic E-state index is -2.27. The van der Waals surface area contributed by atoms with Crippen molar-refractivity contribution in [2.75, 3.05) is 14.2 Å². The number of ether oxygens (including phenoxy) is 2. The summed E-state index contributed by atoms with van der Waals surface area (Å²) in [6.07, 6.45) is -0.272. The third-order valence-electron chi connectivity index (χ3n) is 3.11. The molecule has 0 N–H and O–H groups in total. The molecule has 0 spiro atoms. The predicted octanol–water partition coefficient (Wildman–Crippen LogP) is 0.554. The van der Waals surface area contributed by atoms with Crippen molar-refractivity contribution >= 4 is 11.8 Å². The molecule has 0 aromatic heterocycles. The average molecular weight is 281 g/mol. The van der Waals surface area contributed by atoms with Crippen LogP contribution in [-0.2, 0) is 20.8 Å². The fourth-order valence-electron chi connectivity index (χ4n) is 2.20. The maximum atomic E-state index is 12.3. The van der Waals surface area contributed by atoms with Crippen LogP contribution >= 0.6 is 0 Å². The number of rotatable bonds is 4. The van der Waals surface area contributed by atoms with Crippen LogP contribution in [0.5, 0.6) is 5.75 Å². The third kappa shape index (κ3) is 1.94. The zero-order valence-corrected chi connectivity index (χ0v) is 10.7. The summed E-state index contributed by atoms with van der Waals surface area (Å²) in [6, 6.07) is 4.49. The topological polar surface area (TPSA) is 105 Å². The molecule has 8 nitrogen and oxygen atoms in total. The Hall–Kier alpha value is -2.64. The number of nitrogens with zero attached hydrogens (tertiary/aromatic N) is 1. The van der Waals surface area contributed by atoms with Crippen molar-refractivity contribution in [3.63, 3.8) is 0 Å². The van der Waals surface area contributed by atoms with Crippen LogP contribution in [0.1, 0.15) is 15.9 Å². The van der Waals surface area contributed by atoms with E-state index in [1.807, 2.05) is 0 Å². The second-order valence-corrected chi connectivity index (χ2v) is 4.16. The number of ketones is 1. The standard InChI is InChI=1S/C12H11NO7/c1-18-8-3-4-9-7(5-8)6-12(10(9)14,11(15)19-2)20-13(16)17/h3-5H,6H2,1-2H3/t12-/m1/s1. The highest BCUT2D eigenvalue weighted by molar-refractivity contribution is 6.19. The number of carbonyl (C=O) groups is 2. The normalized spacial score (nSPS) is 20.2. The van der Waals surface area contributed by atoms with Crippen LogP contribution in [0.2, 0.25) is 0 Å². The van der Waals surface area contributed by atoms with E-state index in [-0.39, 0.29) is 12.0 Å². The first-order chi connectivity index (χ1) is 9.44. The van der Waals surface area contributed by atoms with E-state index in [2.05, 4.69) is 9.57 Å².